The number of aromatic amines is 1. The van der Waals surface area contributed by atoms with Crippen LogP contribution in [0.25, 0.3) is 11.1 Å². The first-order valence-electron chi connectivity index (χ1n) is 10.1. The molecule has 9 heteroatoms. The number of carbonyl (C=O) groups is 2. The maximum absolute atomic E-state index is 13.0. The maximum atomic E-state index is 13.0. The number of benzene rings is 2. The van der Waals surface area contributed by atoms with Crippen molar-refractivity contribution < 1.29 is 23.8 Å². The first-order valence-corrected chi connectivity index (χ1v) is 10.1. The Bertz CT molecular complexity index is 1110. The molecule has 1 aromatic heterocycles. The summed E-state index contributed by atoms with van der Waals surface area (Å²) in [6.07, 6.45) is 3.96. The average molecular weight is 436 g/mol. The minimum absolute atomic E-state index is 0.173. The van der Waals surface area contributed by atoms with Gasteiger partial charge in [0.2, 0.25) is 5.91 Å². The second-order valence-electron chi connectivity index (χ2n) is 7.33. The Labute approximate surface area is 185 Å². The Kier molecular flexibility index (Phi) is 6.25. The van der Waals surface area contributed by atoms with E-state index in [0.717, 1.165) is 22.4 Å². The van der Waals surface area contributed by atoms with E-state index in [1.807, 2.05) is 24.3 Å². The van der Waals surface area contributed by atoms with E-state index >= 15 is 0 Å². The quantitative estimate of drug-likeness (QED) is 0.524. The van der Waals surface area contributed by atoms with Crippen LogP contribution in [0.1, 0.15) is 5.56 Å². The summed E-state index contributed by atoms with van der Waals surface area (Å²) in [5, 5.41) is 12.2. The summed E-state index contributed by atoms with van der Waals surface area (Å²) in [4.78, 5) is 24.7. The van der Waals surface area contributed by atoms with Gasteiger partial charge in [0.15, 0.2) is 6.61 Å². The molecule has 0 bridgehead atoms. The number of nitrogens with one attached hydrogen (secondary N) is 3. The van der Waals surface area contributed by atoms with E-state index in [0.29, 0.717) is 23.6 Å². The van der Waals surface area contributed by atoms with Crippen LogP contribution in [0.2, 0.25) is 0 Å². The lowest BCUT2D eigenvalue weighted by atomic mass is 9.95. The van der Waals surface area contributed by atoms with Crippen LogP contribution in [0, 0.1) is 5.92 Å². The lowest BCUT2D eigenvalue weighted by molar-refractivity contribution is -0.122. The SMILES string of the molecule is CNC(=O)COc1cc(-c2cn[nH]c2)ccc1NC(=O)C1COc2ccc(OC)cc2C1. The highest BCUT2D eigenvalue weighted by molar-refractivity contribution is 5.95. The van der Waals surface area contributed by atoms with Gasteiger partial charge >= 0.3 is 0 Å². The van der Waals surface area contributed by atoms with Gasteiger partial charge in [-0.3, -0.25) is 14.7 Å². The smallest absolute Gasteiger partial charge is 0.257 e. The van der Waals surface area contributed by atoms with Gasteiger partial charge in [-0.15, -0.1) is 0 Å². The average Bonchev–Trinajstić information content (AvgIpc) is 3.37. The van der Waals surface area contributed by atoms with Gasteiger partial charge in [0.1, 0.15) is 23.9 Å². The van der Waals surface area contributed by atoms with Crippen LogP contribution >= 0.6 is 0 Å². The van der Waals surface area contributed by atoms with Crippen molar-refractivity contribution in [3.8, 4) is 28.4 Å². The molecule has 32 heavy (non-hydrogen) atoms. The molecule has 1 atom stereocenters. The van der Waals surface area contributed by atoms with Crippen molar-refractivity contribution in [1.29, 1.82) is 0 Å². The number of rotatable bonds is 7. The Balaban J connectivity index is 1.53. The van der Waals surface area contributed by atoms with Gasteiger partial charge < -0.3 is 24.8 Å². The number of methoxy groups -OCH3 is 1. The van der Waals surface area contributed by atoms with Gasteiger partial charge in [-0.05, 0) is 47.9 Å². The summed E-state index contributed by atoms with van der Waals surface area (Å²) >= 11 is 0. The molecule has 0 fully saturated rings. The summed E-state index contributed by atoms with van der Waals surface area (Å²) in [7, 11) is 3.13. The molecule has 166 valence electrons. The van der Waals surface area contributed by atoms with Crippen LogP contribution in [0.5, 0.6) is 17.2 Å². The number of aromatic nitrogens is 2. The van der Waals surface area contributed by atoms with Gasteiger partial charge in [-0.25, -0.2) is 0 Å². The molecule has 2 heterocycles. The largest absolute Gasteiger partial charge is 0.497 e. The molecule has 4 rings (SSSR count). The summed E-state index contributed by atoms with van der Waals surface area (Å²) in [5.41, 5.74) is 3.09. The molecular formula is C23H24N4O5. The number of carbonyl (C=O) groups excluding carboxylic acids is 2. The standard InChI is InChI=1S/C23H24N4O5/c1-24-22(28)13-32-21-9-14(17-10-25-26-11-17)3-5-19(21)27-23(29)16-7-15-8-18(30-2)4-6-20(15)31-12-16/h3-6,8-11,16H,7,12-13H2,1-2H3,(H,24,28)(H,25,26)(H,27,29). The van der Waals surface area contributed by atoms with E-state index in [4.69, 9.17) is 14.2 Å². The van der Waals surface area contributed by atoms with E-state index in [1.165, 1.54) is 7.05 Å². The van der Waals surface area contributed by atoms with E-state index in [9.17, 15) is 9.59 Å². The second-order valence-corrected chi connectivity index (χ2v) is 7.33. The third-order valence-corrected chi connectivity index (χ3v) is 5.25. The Hall–Kier alpha value is -4.01. The van der Waals surface area contributed by atoms with Crippen LogP contribution in [0.3, 0.4) is 0 Å². The molecule has 2 amide bonds. The van der Waals surface area contributed by atoms with Crippen LogP contribution < -0.4 is 24.8 Å². The van der Waals surface area contributed by atoms with Crippen molar-refractivity contribution in [3.63, 3.8) is 0 Å². The molecule has 1 aliphatic heterocycles. The molecule has 3 N–H and O–H groups in total. The van der Waals surface area contributed by atoms with Crippen molar-refractivity contribution in [2.24, 2.45) is 5.92 Å². The van der Waals surface area contributed by atoms with Gasteiger partial charge in [0.25, 0.3) is 5.91 Å². The number of amides is 2. The number of H-pyrrole nitrogens is 1. The molecule has 1 unspecified atom stereocenters. The monoisotopic (exact) mass is 436 g/mol. The zero-order valence-corrected chi connectivity index (χ0v) is 17.8. The zero-order chi connectivity index (χ0) is 22.5. The Morgan fingerprint density at radius 1 is 1.22 bits per heavy atom. The predicted octanol–water partition coefficient (Wildman–Crippen LogP) is 2.40. The molecule has 0 radical (unpaired) electrons. The van der Waals surface area contributed by atoms with Gasteiger partial charge in [0.05, 0.1) is 24.9 Å². The molecule has 0 aliphatic carbocycles. The van der Waals surface area contributed by atoms with Crippen molar-refractivity contribution in [2.45, 2.75) is 6.42 Å². The van der Waals surface area contributed by atoms with Crippen molar-refractivity contribution in [1.82, 2.24) is 15.5 Å². The Morgan fingerprint density at radius 3 is 2.84 bits per heavy atom. The van der Waals surface area contributed by atoms with Crippen LogP contribution in [0.15, 0.2) is 48.8 Å². The van der Waals surface area contributed by atoms with Gasteiger partial charge in [-0.2, -0.15) is 5.10 Å². The third kappa shape index (κ3) is 4.66. The molecule has 0 spiro atoms. The topological polar surface area (TPSA) is 115 Å². The van der Waals surface area contributed by atoms with Crippen molar-refractivity contribution >= 4 is 17.5 Å². The van der Waals surface area contributed by atoms with Crippen LogP contribution in [0.4, 0.5) is 5.69 Å². The predicted molar refractivity (Wildman–Crippen MR) is 118 cm³/mol. The molecule has 3 aromatic rings. The molecule has 1 aliphatic rings. The summed E-state index contributed by atoms with van der Waals surface area (Å²) in [5.74, 6) is 1.01. The fourth-order valence-electron chi connectivity index (χ4n) is 3.45. The van der Waals surface area contributed by atoms with Gasteiger partial charge in [-0.1, -0.05) is 6.07 Å². The first-order chi connectivity index (χ1) is 15.6. The molecule has 2 aromatic carbocycles. The fraction of sp³-hybridized carbons (Fsp3) is 0.261. The number of likely N-dealkylation sites (N-methyl/N-ethyl adjacent to an activating group) is 1. The van der Waals surface area contributed by atoms with Gasteiger partial charge in [0, 0.05) is 18.8 Å². The van der Waals surface area contributed by atoms with Crippen molar-refractivity contribution in [3.05, 3.63) is 54.4 Å². The summed E-state index contributed by atoms with van der Waals surface area (Å²) in [6, 6.07) is 10.9. The number of anilines is 1. The summed E-state index contributed by atoms with van der Waals surface area (Å²) in [6.45, 7) is 0.0978. The number of hydrogen-bond acceptors (Lipinski definition) is 6. The fourth-order valence-corrected chi connectivity index (χ4v) is 3.45. The first kappa shape index (κ1) is 21.2. The number of ether oxygens (including phenoxy) is 3. The number of hydrogen-bond donors (Lipinski definition) is 3. The minimum atomic E-state index is -0.380. The number of nitrogens with zero attached hydrogens (tertiary/aromatic N) is 1. The third-order valence-electron chi connectivity index (χ3n) is 5.25. The highest BCUT2D eigenvalue weighted by Gasteiger charge is 2.27. The maximum Gasteiger partial charge on any atom is 0.257 e. The normalized spacial score (nSPS) is 14.6. The molecule has 0 saturated heterocycles. The lowest BCUT2D eigenvalue weighted by Crippen LogP contribution is -2.33. The highest BCUT2D eigenvalue weighted by Crippen LogP contribution is 2.33. The highest BCUT2D eigenvalue weighted by atomic mass is 16.5. The minimum Gasteiger partial charge on any atom is -0.497 e. The Morgan fingerprint density at radius 2 is 2.09 bits per heavy atom. The molecular weight excluding hydrogens is 412 g/mol. The molecule has 9 nitrogen and oxygen atoms in total. The lowest BCUT2D eigenvalue weighted by Gasteiger charge is -2.25. The van der Waals surface area contributed by atoms with Crippen LogP contribution in [-0.4, -0.2) is 49.4 Å². The molecule has 0 saturated carbocycles. The number of fused-ring (bicyclic) bond motifs is 1. The van der Waals surface area contributed by atoms with E-state index in [1.54, 1.807) is 31.6 Å². The second kappa shape index (κ2) is 9.42. The van der Waals surface area contributed by atoms with Crippen LogP contribution in [-0.2, 0) is 16.0 Å². The zero-order valence-electron chi connectivity index (χ0n) is 17.8. The van der Waals surface area contributed by atoms with Crippen molar-refractivity contribution in [2.75, 3.05) is 32.7 Å². The van der Waals surface area contributed by atoms with E-state index < -0.39 is 0 Å². The van der Waals surface area contributed by atoms with E-state index in [2.05, 4.69) is 20.8 Å². The summed E-state index contributed by atoms with van der Waals surface area (Å²) < 4.78 is 16.7. The van der Waals surface area contributed by atoms with E-state index in [-0.39, 0.29) is 30.9 Å².